The van der Waals surface area contributed by atoms with Gasteiger partial charge in [-0.25, -0.2) is 13.2 Å². The van der Waals surface area contributed by atoms with Crippen LogP contribution in [0.1, 0.15) is 5.56 Å². The molecule has 112 valence electrons. The molecule has 1 aromatic heterocycles. The molecular weight excluding hydrogens is 298 g/mol. The molecule has 9 heteroatoms. The molecule has 21 heavy (non-hydrogen) atoms. The number of hydrogen-bond acceptors (Lipinski definition) is 5. The molecule has 0 radical (unpaired) electrons. The second kappa shape index (κ2) is 5.94. The van der Waals surface area contributed by atoms with E-state index in [9.17, 15) is 18.0 Å². The van der Waals surface area contributed by atoms with Crippen molar-refractivity contribution in [1.82, 2.24) is 9.97 Å². The van der Waals surface area contributed by atoms with Gasteiger partial charge in [-0.15, -0.1) is 0 Å². The molecule has 0 aliphatic carbocycles. The van der Waals surface area contributed by atoms with Crippen LogP contribution in [0, 0.1) is 0 Å². The van der Waals surface area contributed by atoms with Crippen molar-refractivity contribution in [2.24, 2.45) is 0 Å². The quantitative estimate of drug-likeness (QED) is 0.585. The highest BCUT2D eigenvalue weighted by molar-refractivity contribution is 7.92. The lowest BCUT2D eigenvalue weighted by atomic mass is 10.1. The van der Waals surface area contributed by atoms with Gasteiger partial charge in [0.2, 0.25) is 0 Å². The lowest BCUT2D eigenvalue weighted by Gasteiger charge is -2.07. The van der Waals surface area contributed by atoms with Crippen molar-refractivity contribution in [3.05, 3.63) is 56.9 Å². The van der Waals surface area contributed by atoms with E-state index in [1.54, 1.807) is 12.1 Å². The standard InChI is InChI=1S/C12H13N3O5S/c16-6-5-8-1-3-9(4-2-8)15-21(19,20)10-7-13-12(18)14-11(10)17/h1-4,7,15-16H,5-6H2,(H2,13,14,17,18). The fraction of sp³-hybridized carbons (Fsp3) is 0.167. The number of aliphatic hydroxyl groups is 1. The number of aliphatic hydroxyl groups excluding tert-OH is 1. The number of aromatic nitrogens is 2. The summed E-state index contributed by atoms with van der Waals surface area (Å²) in [6, 6.07) is 6.35. The Bertz CT molecular complexity index is 836. The monoisotopic (exact) mass is 311 g/mol. The molecule has 0 saturated heterocycles. The largest absolute Gasteiger partial charge is 0.396 e. The lowest BCUT2D eigenvalue weighted by molar-refractivity contribution is 0.299. The van der Waals surface area contributed by atoms with Gasteiger partial charge < -0.3 is 10.1 Å². The Morgan fingerprint density at radius 3 is 2.38 bits per heavy atom. The predicted octanol–water partition coefficient (Wildman–Crippen LogP) is -0.601. The van der Waals surface area contributed by atoms with E-state index in [0.29, 0.717) is 6.42 Å². The highest BCUT2D eigenvalue weighted by Gasteiger charge is 2.18. The molecule has 2 rings (SSSR count). The van der Waals surface area contributed by atoms with Crippen LogP contribution in [-0.2, 0) is 16.4 Å². The summed E-state index contributed by atoms with van der Waals surface area (Å²) >= 11 is 0. The molecule has 1 heterocycles. The minimum atomic E-state index is -4.10. The Hall–Kier alpha value is -2.39. The molecule has 2 aromatic rings. The molecule has 1 aromatic carbocycles. The van der Waals surface area contributed by atoms with Crippen LogP contribution in [0.15, 0.2) is 44.9 Å². The Labute approximate surface area is 119 Å². The van der Waals surface area contributed by atoms with Crippen molar-refractivity contribution in [1.29, 1.82) is 0 Å². The van der Waals surface area contributed by atoms with E-state index in [1.807, 2.05) is 4.98 Å². The minimum absolute atomic E-state index is 0.00215. The molecule has 0 bridgehead atoms. The van der Waals surface area contributed by atoms with Gasteiger partial charge in [-0.05, 0) is 24.1 Å². The average Bonchev–Trinajstić information content (AvgIpc) is 2.40. The van der Waals surface area contributed by atoms with Gasteiger partial charge in [0.25, 0.3) is 15.6 Å². The summed E-state index contributed by atoms with van der Waals surface area (Å²) in [4.78, 5) is 25.7. The van der Waals surface area contributed by atoms with Crippen LogP contribution in [-0.4, -0.2) is 30.1 Å². The molecule has 0 amide bonds. The number of anilines is 1. The molecule has 0 fully saturated rings. The molecule has 0 saturated carbocycles. The van der Waals surface area contributed by atoms with E-state index < -0.39 is 26.2 Å². The van der Waals surface area contributed by atoms with E-state index in [1.165, 1.54) is 12.1 Å². The number of rotatable bonds is 5. The van der Waals surface area contributed by atoms with Crippen LogP contribution in [0.25, 0.3) is 0 Å². The fourth-order valence-corrected chi connectivity index (χ4v) is 2.74. The van der Waals surface area contributed by atoms with Gasteiger partial charge in [-0.1, -0.05) is 12.1 Å². The van der Waals surface area contributed by atoms with E-state index in [4.69, 9.17) is 5.11 Å². The van der Waals surface area contributed by atoms with E-state index >= 15 is 0 Å². The zero-order chi connectivity index (χ0) is 15.5. The molecule has 8 nitrogen and oxygen atoms in total. The van der Waals surface area contributed by atoms with Crippen molar-refractivity contribution in [2.45, 2.75) is 11.3 Å². The SMILES string of the molecule is O=c1[nH]cc(S(=O)(=O)Nc2ccc(CCO)cc2)c(=O)[nH]1. The van der Waals surface area contributed by atoms with Gasteiger partial charge in [0.1, 0.15) is 0 Å². The van der Waals surface area contributed by atoms with Crippen LogP contribution in [0.3, 0.4) is 0 Å². The zero-order valence-electron chi connectivity index (χ0n) is 10.8. The summed E-state index contributed by atoms with van der Waals surface area (Å²) < 4.78 is 26.3. The van der Waals surface area contributed by atoms with Gasteiger partial charge >= 0.3 is 5.69 Å². The van der Waals surface area contributed by atoms with Gasteiger partial charge in [0, 0.05) is 18.5 Å². The normalized spacial score (nSPS) is 11.3. The summed E-state index contributed by atoms with van der Waals surface area (Å²) in [6.45, 7) is -0.00215. The molecule has 0 aliphatic heterocycles. The van der Waals surface area contributed by atoms with Crippen molar-refractivity contribution < 1.29 is 13.5 Å². The first-order valence-electron chi connectivity index (χ1n) is 5.97. The first kappa shape index (κ1) is 15.0. The second-order valence-corrected chi connectivity index (χ2v) is 5.86. The maximum absolute atomic E-state index is 12.1. The molecule has 0 aliphatic rings. The summed E-state index contributed by atoms with van der Waals surface area (Å²) in [6.07, 6.45) is 1.30. The van der Waals surface area contributed by atoms with Crippen LogP contribution in [0.4, 0.5) is 5.69 Å². The Balaban J connectivity index is 2.28. The Morgan fingerprint density at radius 1 is 1.14 bits per heavy atom. The number of sulfonamides is 1. The van der Waals surface area contributed by atoms with Crippen LogP contribution in [0.5, 0.6) is 0 Å². The number of nitrogens with one attached hydrogen (secondary N) is 3. The maximum Gasteiger partial charge on any atom is 0.325 e. The summed E-state index contributed by atoms with van der Waals surface area (Å²) in [7, 11) is -4.10. The molecule has 4 N–H and O–H groups in total. The third-order valence-electron chi connectivity index (χ3n) is 2.68. The first-order chi connectivity index (χ1) is 9.92. The van der Waals surface area contributed by atoms with Gasteiger partial charge in [0.15, 0.2) is 4.90 Å². The van der Waals surface area contributed by atoms with Gasteiger partial charge in [0.05, 0.1) is 0 Å². The lowest BCUT2D eigenvalue weighted by Crippen LogP contribution is -2.29. The van der Waals surface area contributed by atoms with E-state index in [-0.39, 0.29) is 12.3 Å². The minimum Gasteiger partial charge on any atom is -0.396 e. The molecular formula is C12H13N3O5S. The molecule has 0 unspecified atom stereocenters. The van der Waals surface area contributed by atoms with Crippen molar-refractivity contribution in [3.63, 3.8) is 0 Å². The summed E-state index contributed by atoms with van der Waals surface area (Å²) in [5.41, 5.74) is -0.667. The average molecular weight is 311 g/mol. The summed E-state index contributed by atoms with van der Waals surface area (Å²) in [5, 5.41) is 8.80. The van der Waals surface area contributed by atoms with Crippen LogP contribution in [0.2, 0.25) is 0 Å². The number of aromatic amines is 2. The first-order valence-corrected chi connectivity index (χ1v) is 7.45. The molecule has 0 atom stereocenters. The number of benzene rings is 1. The Morgan fingerprint density at radius 2 is 1.81 bits per heavy atom. The van der Waals surface area contributed by atoms with Gasteiger partial charge in [-0.2, -0.15) is 0 Å². The van der Waals surface area contributed by atoms with Crippen LogP contribution >= 0.6 is 0 Å². The number of H-pyrrole nitrogens is 2. The van der Waals surface area contributed by atoms with E-state index in [2.05, 4.69) is 9.71 Å². The number of hydrogen-bond donors (Lipinski definition) is 4. The van der Waals surface area contributed by atoms with Crippen molar-refractivity contribution in [2.75, 3.05) is 11.3 Å². The van der Waals surface area contributed by atoms with E-state index in [0.717, 1.165) is 11.8 Å². The fourth-order valence-electron chi connectivity index (χ4n) is 1.68. The third kappa shape index (κ3) is 3.58. The van der Waals surface area contributed by atoms with Gasteiger partial charge in [-0.3, -0.25) is 14.5 Å². The van der Waals surface area contributed by atoms with Crippen molar-refractivity contribution >= 4 is 15.7 Å². The topological polar surface area (TPSA) is 132 Å². The predicted molar refractivity (Wildman–Crippen MR) is 75.7 cm³/mol. The molecule has 0 spiro atoms. The van der Waals surface area contributed by atoms with Crippen molar-refractivity contribution in [3.8, 4) is 0 Å². The second-order valence-electron chi connectivity index (χ2n) is 4.21. The highest BCUT2D eigenvalue weighted by Crippen LogP contribution is 2.14. The third-order valence-corrected chi connectivity index (χ3v) is 4.07. The Kier molecular flexibility index (Phi) is 4.24. The zero-order valence-corrected chi connectivity index (χ0v) is 11.6. The van der Waals surface area contributed by atoms with Crippen LogP contribution < -0.4 is 16.0 Å². The smallest absolute Gasteiger partial charge is 0.325 e. The maximum atomic E-state index is 12.1. The highest BCUT2D eigenvalue weighted by atomic mass is 32.2. The summed E-state index contributed by atoms with van der Waals surface area (Å²) in [5.74, 6) is 0.